The molecule has 2 unspecified atom stereocenters. The van der Waals surface area contributed by atoms with Crippen molar-refractivity contribution in [2.75, 3.05) is 18.0 Å². The lowest BCUT2D eigenvalue weighted by Crippen LogP contribution is -2.46. The van der Waals surface area contributed by atoms with Gasteiger partial charge in [-0.05, 0) is 44.4 Å². The fraction of sp³-hybridized carbons (Fsp3) is 0.391. The molecule has 2 heterocycles. The number of carbonyl (C=O) groups is 2. The summed E-state index contributed by atoms with van der Waals surface area (Å²) in [7, 11) is 0. The molecule has 0 saturated carbocycles. The molecule has 2 aliphatic rings. The van der Waals surface area contributed by atoms with Crippen molar-refractivity contribution in [2.45, 2.75) is 45.3 Å². The molecule has 5 nitrogen and oxygen atoms in total. The first-order chi connectivity index (χ1) is 13.5. The zero-order valence-electron chi connectivity index (χ0n) is 16.4. The van der Waals surface area contributed by atoms with Crippen LogP contribution in [0.15, 0.2) is 48.5 Å². The minimum Gasteiger partial charge on any atom is -0.479 e. The summed E-state index contributed by atoms with van der Waals surface area (Å²) in [5.41, 5.74) is 3.16. The van der Waals surface area contributed by atoms with Gasteiger partial charge >= 0.3 is 0 Å². The third-order valence-electron chi connectivity index (χ3n) is 5.66. The van der Waals surface area contributed by atoms with Gasteiger partial charge in [-0.25, -0.2) is 0 Å². The van der Waals surface area contributed by atoms with Crippen LogP contribution in [-0.4, -0.2) is 35.9 Å². The van der Waals surface area contributed by atoms with Crippen molar-refractivity contribution in [2.24, 2.45) is 0 Å². The van der Waals surface area contributed by atoms with Gasteiger partial charge in [0, 0.05) is 19.5 Å². The lowest BCUT2D eigenvalue weighted by Gasteiger charge is -2.33. The van der Waals surface area contributed by atoms with Gasteiger partial charge in [-0.2, -0.15) is 0 Å². The maximum Gasteiger partial charge on any atom is 0.267 e. The van der Waals surface area contributed by atoms with Crippen LogP contribution in [0.3, 0.4) is 0 Å². The summed E-state index contributed by atoms with van der Waals surface area (Å²) < 4.78 is 5.68. The zero-order valence-corrected chi connectivity index (χ0v) is 16.4. The number of anilines is 1. The van der Waals surface area contributed by atoms with E-state index in [1.54, 1.807) is 11.8 Å². The number of nitrogens with zero attached hydrogens (tertiary/aromatic N) is 2. The van der Waals surface area contributed by atoms with Crippen molar-refractivity contribution in [3.63, 3.8) is 0 Å². The van der Waals surface area contributed by atoms with Crippen molar-refractivity contribution < 1.29 is 14.3 Å². The number of likely N-dealkylation sites (tertiary alicyclic amines) is 1. The van der Waals surface area contributed by atoms with Gasteiger partial charge < -0.3 is 14.5 Å². The van der Waals surface area contributed by atoms with Gasteiger partial charge in [0.05, 0.1) is 11.7 Å². The molecule has 2 aromatic rings. The summed E-state index contributed by atoms with van der Waals surface area (Å²) in [5.74, 6) is 0.705. The Labute approximate surface area is 165 Å². The van der Waals surface area contributed by atoms with Crippen LogP contribution in [-0.2, 0) is 9.59 Å². The number of hydrogen-bond donors (Lipinski definition) is 0. The topological polar surface area (TPSA) is 49.9 Å². The van der Waals surface area contributed by atoms with E-state index in [-0.39, 0.29) is 17.9 Å². The fourth-order valence-electron chi connectivity index (χ4n) is 4.14. The number of aryl methyl sites for hydroxylation is 1. The van der Waals surface area contributed by atoms with Gasteiger partial charge in [0.25, 0.3) is 5.91 Å². The van der Waals surface area contributed by atoms with Gasteiger partial charge in [0.2, 0.25) is 5.91 Å². The highest BCUT2D eigenvalue weighted by Crippen LogP contribution is 2.35. The van der Waals surface area contributed by atoms with Crippen LogP contribution in [0, 0.1) is 6.92 Å². The van der Waals surface area contributed by atoms with E-state index in [0.29, 0.717) is 18.7 Å². The van der Waals surface area contributed by atoms with E-state index in [9.17, 15) is 9.59 Å². The summed E-state index contributed by atoms with van der Waals surface area (Å²) in [6, 6.07) is 16.1. The first kappa shape index (κ1) is 18.5. The quantitative estimate of drug-likeness (QED) is 0.812. The number of benzene rings is 2. The summed E-state index contributed by atoms with van der Waals surface area (Å²) >= 11 is 0. The first-order valence-corrected chi connectivity index (χ1v) is 9.97. The Kier molecular flexibility index (Phi) is 5.07. The Hall–Kier alpha value is -2.82. The maximum absolute atomic E-state index is 13.0. The Morgan fingerprint density at radius 3 is 2.68 bits per heavy atom. The van der Waals surface area contributed by atoms with E-state index < -0.39 is 6.10 Å². The number of amides is 2. The molecule has 1 saturated heterocycles. The number of hydrogen-bond acceptors (Lipinski definition) is 3. The molecule has 2 atom stereocenters. The van der Waals surface area contributed by atoms with Crippen molar-refractivity contribution in [3.05, 3.63) is 59.7 Å². The van der Waals surface area contributed by atoms with E-state index >= 15 is 0 Å². The number of fused-ring (bicyclic) bond motifs is 1. The van der Waals surface area contributed by atoms with Crippen LogP contribution < -0.4 is 9.64 Å². The van der Waals surface area contributed by atoms with Crippen molar-refractivity contribution in [3.8, 4) is 5.75 Å². The van der Waals surface area contributed by atoms with E-state index in [1.165, 1.54) is 11.1 Å². The highest BCUT2D eigenvalue weighted by Gasteiger charge is 2.33. The van der Waals surface area contributed by atoms with Crippen molar-refractivity contribution in [1.29, 1.82) is 0 Å². The molecule has 0 aliphatic carbocycles. The molecular weight excluding hydrogens is 352 g/mol. The molecular formula is C23H26N2O3. The minimum absolute atomic E-state index is 0.0944. The molecule has 2 aliphatic heterocycles. The summed E-state index contributed by atoms with van der Waals surface area (Å²) in [6.45, 7) is 4.97. The van der Waals surface area contributed by atoms with Gasteiger partial charge in [-0.15, -0.1) is 0 Å². The van der Waals surface area contributed by atoms with Crippen LogP contribution in [0.1, 0.15) is 43.4 Å². The molecule has 0 bridgehead atoms. The number of para-hydroxylation sites is 2. The van der Waals surface area contributed by atoms with Crippen LogP contribution in [0.5, 0.6) is 5.75 Å². The minimum atomic E-state index is -0.530. The molecule has 0 radical (unpaired) electrons. The van der Waals surface area contributed by atoms with Gasteiger partial charge in [-0.3, -0.25) is 9.59 Å². The summed E-state index contributed by atoms with van der Waals surface area (Å²) in [5, 5.41) is 0. The van der Waals surface area contributed by atoms with Gasteiger partial charge in [0.1, 0.15) is 5.75 Å². The Bertz CT molecular complexity index is 878. The predicted molar refractivity (Wildman–Crippen MR) is 108 cm³/mol. The average Bonchev–Trinajstić information content (AvgIpc) is 3.19. The molecule has 1 fully saturated rings. The van der Waals surface area contributed by atoms with Crippen LogP contribution in [0.2, 0.25) is 0 Å². The smallest absolute Gasteiger partial charge is 0.267 e. The number of rotatable bonds is 4. The van der Waals surface area contributed by atoms with Crippen molar-refractivity contribution in [1.82, 2.24) is 4.90 Å². The molecule has 4 rings (SSSR count). The molecule has 28 heavy (non-hydrogen) atoms. The SMILES string of the molecule is Cc1ccc(C2CCCN2C(=O)CCN2C(=O)C(C)Oc3ccccc32)cc1. The second-order valence-electron chi connectivity index (χ2n) is 7.62. The van der Waals surface area contributed by atoms with Gasteiger partial charge in [-0.1, -0.05) is 42.0 Å². The molecule has 0 N–H and O–H groups in total. The van der Waals surface area contributed by atoms with E-state index in [4.69, 9.17) is 4.74 Å². The van der Waals surface area contributed by atoms with Crippen molar-refractivity contribution >= 4 is 17.5 Å². The monoisotopic (exact) mass is 378 g/mol. The maximum atomic E-state index is 13.0. The predicted octanol–water partition coefficient (Wildman–Crippen LogP) is 3.86. The van der Waals surface area contributed by atoms with Crippen LogP contribution >= 0.6 is 0 Å². The number of ether oxygens (including phenoxy) is 1. The second kappa shape index (κ2) is 7.66. The lowest BCUT2D eigenvalue weighted by atomic mass is 10.0. The second-order valence-corrected chi connectivity index (χ2v) is 7.62. The van der Waals surface area contributed by atoms with E-state index in [1.807, 2.05) is 29.2 Å². The highest BCUT2D eigenvalue weighted by atomic mass is 16.5. The highest BCUT2D eigenvalue weighted by molar-refractivity contribution is 6.00. The Morgan fingerprint density at radius 2 is 1.89 bits per heavy atom. The third-order valence-corrected chi connectivity index (χ3v) is 5.66. The molecule has 5 heteroatoms. The number of carbonyl (C=O) groups excluding carboxylic acids is 2. The molecule has 2 amide bonds. The molecule has 0 spiro atoms. The van der Waals surface area contributed by atoms with Crippen LogP contribution in [0.25, 0.3) is 0 Å². The fourth-order valence-corrected chi connectivity index (χ4v) is 4.14. The summed E-state index contributed by atoms with van der Waals surface area (Å²) in [6.07, 6.45) is 1.79. The average molecular weight is 378 g/mol. The summed E-state index contributed by atoms with van der Waals surface area (Å²) in [4.78, 5) is 29.3. The molecule has 2 aromatic carbocycles. The third kappa shape index (κ3) is 3.49. The molecule has 0 aromatic heterocycles. The van der Waals surface area contributed by atoms with E-state index in [2.05, 4.69) is 31.2 Å². The lowest BCUT2D eigenvalue weighted by molar-refractivity contribution is -0.132. The first-order valence-electron chi connectivity index (χ1n) is 9.97. The Morgan fingerprint density at radius 1 is 1.14 bits per heavy atom. The standard InChI is InChI=1S/C23H26N2O3/c1-16-9-11-18(12-10-16)19-7-5-14-24(19)22(26)13-15-25-20-6-3-4-8-21(20)28-17(2)23(25)27/h3-4,6,8-12,17,19H,5,7,13-15H2,1-2H3. The Balaban J connectivity index is 1.46. The van der Waals surface area contributed by atoms with Gasteiger partial charge in [0.15, 0.2) is 6.10 Å². The zero-order chi connectivity index (χ0) is 19.7. The van der Waals surface area contributed by atoms with Crippen LogP contribution in [0.4, 0.5) is 5.69 Å². The largest absolute Gasteiger partial charge is 0.479 e. The molecule has 146 valence electrons. The van der Waals surface area contributed by atoms with E-state index in [0.717, 1.165) is 25.1 Å². The normalized spacial score (nSPS) is 21.4.